The Morgan fingerprint density at radius 1 is 1.33 bits per heavy atom. The molecule has 0 saturated heterocycles. The molecule has 0 spiro atoms. The third-order valence-electron chi connectivity index (χ3n) is 3.08. The van der Waals surface area contributed by atoms with Crippen LogP contribution in [0.5, 0.6) is 0 Å². The number of benzene rings is 1. The Labute approximate surface area is 108 Å². The number of pyridine rings is 1. The standard InChI is InChI=1S/C15H20N2O/c1-11(2)17-10-15(3,18)13-6-7-14-12(9-13)5-4-8-16-14/h4-9,11,17-18H,10H2,1-3H3. The summed E-state index contributed by atoms with van der Waals surface area (Å²) in [6.45, 7) is 6.51. The average molecular weight is 244 g/mol. The van der Waals surface area contributed by atoms with E-state index in [0.29, 0.717) is 12.6 Å². The summed E-state index contributed by atoms with van der Waals surface area (Å²) in [5.41, 5.74) is 0.999. The summed E-state index contributed by atoms with van der Waals surface area (Å²) >= 11 is 0. The van der Waals surface area contributed by atoms with Crippen molar-refractivity contribution in [3.63, 3.8) is 0 Å². The van der Waals surface area contributed by atoms with Gasteiger partial charge in [0.2, 0.25) is 0 Å². The average Bonchev–Trinajstić information content (AvgIpc) is 2.36. The summed E-state index contributed by atoms with van der Waals surface area (Å²) in [5, 5.41) is 14.8. The molecule has 2 aromatic rings. The monoisotopic (exact) mass is 244 g/mol. The molecule has 0 bridgehead atoms. The van der Waals surface area contributed by atoms with Crippen LogP contribution in [-0.2, 0) is 5.60 Å². The molecule has 0 aliphatic heterocycles. The molecule has 0 radical (unpaired) electrons. The minimum atomic E-state index is -0.867. The van der Waals surface area contributed by atoms with E-state index in [9.17, 15) is 5.11 Å². The highest BCUT2D eigenvalue weighted by Crippen LogP contribution is 2.23. The lowest BCUT2D eigenvalue weighted by molar-refractivity contribution is 0.0551. The zero-order valence-corrected chi connectivity index (χ0v) is 11.1. The molecule has 1 heterocycles. The number of aliphatic hydroxyl groups is 1. The summed E-state index contributed by atoms with van der Waals surface area (Å²) in [6.07, 6.45) is 1.78. The molecule has 2 N–H and O–H groups in total. The molecule has 1 atom stereocenters. The van der Waals surface area contributed by atoms with Gasteiger partial charge in [0, 0.05) is 24.2 Å². The Kier molecular flexibility index (Phi) is 3.64. The SMILES string of the molecule is CC(C)NCC(C)(O)c1ccc2ncccc2c1. The molecule has 2 rings (SSSR count). The zero-order valence-electron chi connectivity index (χ0n) is 11.1. The Balaban J connectivity index is 2.29. The third kappa shape index (κ3) is 2.86. The first kappa shape index (κ1) is 13.0. The van der Waals surface area contributed by atoms with Crippen molar-refractivity contribution in [2.45, 2.75) is 32.4 Å². The van der Waals surface area contributed by atoms with E-state index in [1.807, 2.05) is 37.3 Å². The highest BCUT2D eigenvalue weighted by molar-refractivity contribution is 5.79. The van der Waals surface area contributed by atoms with E-state index in [2.05, 4.69) is 24.1 Å². The number of rotatable bonds is 4. The van der Waals surface area contributed by atoms with E-state index in [1.54, 1.807) is 6.20 Å². The number of hydrogen-bond donors (Lipinski definition) is 2. The van der Waals surface area contributed by atoms with Gasteiger partial charge in [-0.1, -0.05) is 26.0 Å². The van der Waals surface area contributed by atoms with Gasteiger partial charge in [-0.3, -0.25) is 4.98 Å². The Bertz CT molecular complexity index is 535. The van der Waals surface area contributed by atoms with Crippen LogP contribution in [0, 0.1) is 0 Å². The highest BCUT2D eigenvalue weighted by Gasteiger charge is 2.23. The first-order valence-electron chi connectivity index (χ1n) is 6.30. The second-order valence-corrected chi connectivity index (χ2v) is 5.22. The van der Waals surface area contributed by atoms with Crippen LogP contribution < -0.4 is 5.32 Å². The maximum absolute atomic E-state index is 10.5. The lowest BCUT2D eigenvalue weighted by Gasteiger charge is -2.26. The van der Waals surface area contributed by atoms with Gasteiger partial charge in [-0.25, -0.2) is 0 Å². The van der Waals surface area contributed by atoms with Crippen LogP contribution in [0.4, 0.5) is 0 Å². The first-order chi connectivity index (χ1) is 8.49. The van der Waals surface area contributed by atoms with Crippen LogP contribution in [0.25, 0.3) is 10.9 Å². The summed E-state index contributed by atoms with van der Waals surface area (Å²) < 4.78 is 0. The molecule has 18 heavy (non-hydrogen) atoms. The normalized spacial score (nSPS) is 14.9. The topological polar surface area (TPSA) is 45.1 Å². The molecule has 1 aromatic carbocycles. The van der Waals surface area contributed by atoms with E-state index in [-0.39, 0.29) is 0 Å². The van der Waals surface area contributed by atoms with Crippen molar-refractivity contribution < 1.29 is 5.11 Å². The van der Waals surface area contributed by atoms with Crippen LogP contribution in [0.15, 0.2) is 36.5 Å². The van der Waals surface area contributed by atoms with Gasteiger partial charge in [0.05, 0.1) is 11.1 Å². The van der Waals surface area contributed by atoms with Gasteiger partial charge < -0.3 is 10.4 Å². The second kappa shape index (κ2) is 5.04. The number of nitrogens with one attached hydrogen (secondary N) is 1. The molecule has 3 nitrogen and oxygen atoms in total. The molecule has 0 aliphatic rings. The highest BCUT2D eigenvalue weighted by atomic mass is 16.3. The van der Waals surface area contributed by atoms with Gasteiger partial charge >= 0.3 is 0 Å². The minimum absolute atomic E-state index is 0.360. The van der Waals surface area contributed by atoms with Crippen LogP contribution in [-0.4, -0.2) is 22.7 Å². The van der Waals surface area contributed by atoms with Gasteiger partial charge in [-0.15, -0.1) is 0 Å². The fraction of sp³-hybridized carbons (Fsp3) is 0.400. The molecule has 1 unspecified atom stereocenters. The lowest BCUT2D eigenvalue weighted by atomic mass is 9.94. The minimum Gasteiger partial charge on any atom is -0.384 e. The quantitative estimate of drug-likeness (QED) is 0.868. The van der Waals surface area contributed by atoms with Gasteiger partial charge in [0.1, 0.15) is 0 Å². The maximum atomic E-state index is 10.5. The van der Waals surface area contributed by atoms with Crippen molar-refractivity contribution in [1.82, 2.24) is 10.3 Å². The van der Waals surface area contributed by atoms with Crippen LogP contribution in [0.3, 0.4) is 0 Å². The van der Waals surface area contributed by atoms with E-state index in [0.717, 1.165) is 16.5 Å². The predicted octanol–water partition coefficient (Wildman–Crippen LogP) is 2.44. The van der Waals surface area contributed by atoms with Crippen molar-refractivity contribution in [2.75, 3.05) is 6.54 Å². The number of aromatic nitrogens is 1. The molecule has 96 valence electrons. The molecular formula is C15H20N2O. The van der Waals surface area contributed by atoms with Crippen molar-refractivity contribution in [1.29, 1.82) is 0 Å². The van der Waals surface area contributed by atoms with Gasteiger partial charge in [0.25, 0.3) is 0 Å². The maximum Gasteiger partial charge on any atom is 0.0992 e. The lowest BCUT2D eigenvalue weighted by Crippen LogP contribution is -2.38. The Morgan fingerprint density at radius 2 is 2.11 bits per heavy atom. The van der Waals surface area contributed by atoms with Crippen molar-refractivity contribution >= 4 is 10.9 Å². The van der Waals surface area contributed by atoms with Crippen molar-refractivity contribution in [2.24, 2.45) is 0 Å². The van der Waals surface area contributed by atoms with E-state index in [1.165, 1.54) is 0 Å². The fourth-order valence-corrected chi connectivity index (χ4v) is 1.92. The molecule has 3 heteroatoms. The molecule has 0 saturated carbocycles. The molecule has 0 fully saturated rings. The number of hydrogen-bond acceptors (Lipinski definition) is 3. The first-order valence-corrected chi connectivity index (χ1v) is 6.30. The Hall–Kier alpha value is -1.45. The number of nitrogens with zero attached hydrogens (tertiary/aromatic N) is 1. The van der Waals surface area contributed by atoms with Crippen molar-refractivity contribution in [3.8, 4) is 0 Å². The largest absolute Gasteiger partial charge is 0.384 e. The summed E-state index contributed by atoms with van der Waals surface area (Å²) in [4.78, 5) is 4.28. The Morgan fingerprint density at radius 3 is 2.83 bits per heavy atom. The molecule has 0 aliphatic carbocycles. The zero-order chi connectivity index (χ0) is 13.2. The smallest absolute Gasteiger partial charge is 0.0992 e. The summed E-state index contributed by atoms with van der Waals surface area (Å²) in [7, 11) is 0. The van der Waals surface area contributed by atoms with E-state index >= 15 is 0 Å². The molecular weight excluding hydrogens is 224 g/mol. The van der Waals surface area contributed by atoms with Gasteiger partial charge in [0.15, 0.2) is 0 Å². The second-order valence-electron chi connectivity index (χ2n) is 5.22. The summed E-state index contributed by atoms with van der Waals surface area (Å²) in [5.74, 6) is 0. The van der Waals surface area contributed by atoms with Crippen LogP contribution in [0.2, 0.25) is 0 Å². The predicted molar refractivity (Wildman–Crippen MR) is 74.5 cm³/mol. The third-order valence-corrected chi connectivity index (χ3v) is 3.08. The van der Waals surface area contributed by atoms with E-state index in [4.69, 9.17) is 0 Å². The van der Waals surface area contributed by atoms with Gasteiger partial charge in [-0.05, 0) is 30.7 Å². The molecule has 1 aromatic heterocycles. The van der Waals surface area contributed by atoms with Crippen LogP contribution >= 0.6 is 0 Å². The number of fused-ring (bicyclic) bond motifs is 1. The van der Waals surface area contributed by atoms with Crippen molar-refractivity contribution in [3.05, 3.63) is 42.1 Å². The summed E-state index contributed by atoms with van der Waals surface area (Å²) in [6, 6.07) is 10.2. The fourth-order valence-electron chi connectivity index (χ4n) is 1.92. The van der Waals surface area contributed by atoms with E-state index < -0.39 is 5.60 Å². The van der Waals surface area contributed by atoms with Gasteiger partial charge in [-0.2, -0.15) is 0 Å². The van der Waals surface area contributed by atoms with Crippen LogP contribution in [0.1, 0.15) is 26.3 Å². The molecule has 0 amide bonds.